The number of nitrogens with one attached hydrogen (secondary N) is 2. The largest absolute Gasteiger partial charge is 0.396 e. The maximum Gasteiger partial charge on any atom is 0.257 e. The van der Waals surface area contributed by atoms with Gasteiger partial charge in [0.15, 0.2) is 5.78 Å². The molecular formula is C26H21BrCl3F2N3O2. The summed E-state index contributed by atoms with van der Waals surface area (Å²) in [6.45, 7) is 3.23. The van der Waals surface area contributed by atoms with Crippen molar-refractivity contribution < 1.29 is 18.4 Å². The average molecular weight is 632 g/mol. The maximum absolute atomic E-state index is 14.7. The predicted molar refractivity (Wildman–Crippen MR) is 148 cm³/mol. The van der Waals surface area contributed by atoms with Crippen molar-refractivity contribution >= 4 is 79.5 Å². The zero-order valence-corrected chi connectivity index (χ0v) is 23.4. The molecule has 0 radical (unpaired) electrons. The summed E-state index contributed by atoms with van der Waals surface area (Å²) >= 11 is 22.2. The second kappa shape index (κ2) is 10.4. The molecule has 2 atom stereocenters. The van der Waals surface area contributed by atoms with Crippen molar-refractivity contribution in [3.63, 3.8) is 0 Å². The summed E-state index contributed by atoms with van der Waals surface area (Å²) in [6, 6.07) is 10.4. The Labute approximate surface area is 235 Å². The highest BCUT2D eigenvalue weighted by Crippen LogP contribution is 2.65. The van der Waals surface area contributed by atoms with Gasteiger partial charge in [-0.2, -0.15) is 0 Å². The molecule has 3 aromatic carbocycles. The van der Waals surface area contributed by atoms with Crippen LogP contribution in [0.1, 0.15) is 33.0 Å². The number of hydrogen-bond donors (Lipinski definition) is 3. The predicted octanol–water partition coefficient (Wildman–Crippen LogP) is 7.40. The number of carbonyl (C=O) groups is 2. The molecule has 0 saturated heterocycles. The molecule has 0 aromatic heterocycles. The van der Waals surface area contributed by atoms with E-state index in [0.717, 1.165) is 11.6 Å². The number of alkyl halides is 2. The quantitative estimate of drug-likeness (QED) is 0.188. The molecule has 0 aliphatic heterocycles. The van der Waals surface area contributed by atoms with E-state index in [0.29, 0.717) is 16.9 Å². The first-order valence-electron chi connectivity index (χ1n) is 11.1. The fourth-order valence-electron chi connectivity index (χ4n) is 4.22. The van der Waals surface area contributed by atoms with Crippen molar-refractivity contribution in [1.29, 1.82) is 0 Å². The van der Waals surface area contributed by atoms with E-state index in [9.17, 15) is 18.4 Å². The van der Waals surface area contributed by atoms with E-state index in [1.807, 2.05) is 0 Å². The zero-order valence-electron chi connectivity index (χ0n) is 19.6. The van der Waals surface area contributed by atoms with Crippen molar-refractivity contribution in [3.05, 3.63) is 85.8 Å². The fraction of sp³-hybridized carbons (Fsp3) is 0.231. The Morgan fingerprint density at radius 2 is 1.81 bits per heavy atom. The molecule has 3 aromatic rings. The number of rotatable bonds is 7. The van der Waals surface area contributed by atoms with Crippen LogP contribution in [-0.4, -0.2) is 22.6 Å². The third-order valence-electron chi connectivity index (χ3n) is 6.32. The van der Waals surface area contributed by atoms with Gasteiger partial charge in [-0.15, -0.1) is 23.2 Å². The summed E-state index contributed by atoms with van der Waals surface area (Å²) < 4.78 is 27.2. The number of benzene rings is 3. The minimum absolute atomic E-state index is 0.0660. The first kappa shape index (κ1) is 27.6. The molecule has 1 aliphatic rings. The molecule has 4 rings (SSSR count). The van der Waals surface area contributed by atoms with Crippen LogP contribution >= 0.6 is 50.7 Å². The third-order valence-corrected chi connectivity index (χ3v) is 8.17. The minimum atomic E-state index is -1.44. The van der Waals surface area contributed by atoms with E-state index in [1.54, 1.807) is 32.0 Å². The van der Waals surface area contributed by atoms with Gasteiger partial charge in [-0.25, -0.2) is 8.78 Å². The van der Waals surface area contributed by atoms with E-state index in [2.05, 4.69) is 26.6 Å². The van der Waals surface area contributed by atoms with Crippen molar-refractivity contribution in [2.45, 2.75) is 24.1 Å². The number of nitrogens with two attached hydrogens (primary N) is 1. The van der Waals surface area contributed by atoms with Crippen LogP contribution in [0.5, 0.6) is 0 Å². The average Bonchev–Trinajstić information content (AvgIpc) is 3.42. The molecule has 1 aliphatic carbocycles. The Kier molecular flexibility index (Phi) is 7.77. The number of anilines is 3. The second-order valence-electron chi connectivity index (χ2n) is 8.88. The van der Waals surface area contributed by atoms with Gasteiger partial charge in [-0.05, 0) is 82.9 Å². The second-order valence-corrected chi connectivity index (χ2v) is 11.6. The highest BCUT2D eigenvalue weighted by Gasteiger charge is 2.67. The highest BCUT2D eigenvalue weighted by molar-refractivity contribution is 9.10. The zero-order chi connectivity index (χ0) is 27.2. The van der Waals surface area contributed by atoms with E-state index < -0.39 is 33.7 Å². The summed E-state index contributed by atoms with van der Waals surface area (Å²) in [6.07, 6.45) is 0. The lowest BCUT2D eigenvalue weighted by atomic mass is 10.0. The van der Waals surface area contributed by atoms with Crippen molar-refractivity contribution in [3.8, 4) is 0 Å². The molecule has 0 heterocycles. The van der Waals surface area contributed by atoms with Gasteiger partial charge in [-0.3, -0.25) is 9.59 Å². The molecule has 1 fully saturated rings. The molecule has 0 spiro atoms. The van der Waals surface area contributed by atoms with Gasteiger partial charge in [0.25, 0.3) is 5.91 Å². The smallest absolute Gasteiger partial charge is 0.257 e. The Balaban J connectivity index is 1.47. The molecule has 0 bridgehead atoms. The van der Waals surface area contributed by atoms with Crippen LogP contribution < -0.4 is 16.4 Å². The normalized spacial score (nSPS) is 17.8. The number of amides is 1. The number of halogens is 6. The van der Waals surface area contributed by atoms with Crippen LogP contribution in [0.15, 0.2) is 46.9 Å². The molecule has 1 saturated carbocycles. The van der Waals surface area contributed by atoms with E-state index in [1.165, 1.54) is 18.2 Å². The van der Waals surface area contributed by atoms with Gasteiger partial charge >= 0.3 is 0 Å². The number of Topliss-reactive ketones (excluding diaryl/α,β-unsaturated/α-hetero) is 1. The molecule has 4 N–H and O–H groups in total. The van der Waals surface area contributed by atoms with Crippen LogP contribution in [0.2, 0.25) is 5.02 Å². The third kappa shape index (κ3) is 5.43. The molecule has 1 amide bonds. The van der Waals surface area contributed by atoms with E-state index in [4.69, 9.17) is 40.5 Å². The summed E-state index contributed by atoms with van der Waals surface area (Å²) in [5.41, 5.74) is 7.99. The Morgan fingerprint density at radius 3 is 2.51 bits per heavy atom. The van der Waals surface area contributed by atoms with Gasteiger partial charge in [0.1, 0.15) is 16.0 Å². The van der Waals surface area contributed by atoms with Crippen LogP contribution in [0.3, 0.4) is 0 Å². The number of ketones is 1. The summed E-state index contributed by atoms with van der Waals surface area (Å²) in [7, 11) is 0. The molecule has 37 heavy (non-hydrogen) atoms. The fourth-order valence-corrected chi connectivity index (χ4v) is 5.87. The van der Waals surface area contributed by atoms with Crippen LogP contribution in [0.25, 0.3) is 0 Å². The monoisotopic (exact) mass is 629 g/mol. The lowest BCUT2D eigenvalue weighted by Crippen LogP contribution is -2.19. The Bertz CT molecular complexity index is 1430. The first-order chi connectivity index (χ1) is 17.3. The van der Waals surface area contributed by atoms with E-state index >= 15 is 0 Å². The van der Waals surface area contributed by atoms with Gasteiger partial charge in [-0.1, -0.05) is 17.7 Å². The summed E-state index contributed by atoms with van der Waals surface area (Å²) in [5, 5.41) is 5.79. The molecule has 11 heteroatoms. The molecule has 2 unspecified atom stereocenters. The standard InChI is InChI=1S/C26H21BrCl3F2N3O2/c1-11-7-15(23(32)16(27)8-11)21-22(26(21,29)30)20(36)10-34-13-3-4-17(28)14(9-13)25(37)35-19-6-5-18(31)24(33)12(19)2/h3-9,21-22,34H,10,33H2,1-2H3,(H,35,37). The summed E-state index contributed by atoms with van der Waals surface area (Å²) in [5.74, 6) is -3.45. The van der Waals surface area contributed by atoms with Crippen LogP contribution in [-0.2, 0) is 4.79 Å². The van der Waals surface area contributed by atoms with Gasteiger partial charge in [0, 0.05) is 17.3 Å². The Morgan fingerprint density at radius 1 is 1.11 bits per heavy atom. The van der Waals surface area contributed by atoms with E-state index in [-0.39, 0.29) is 38.6 Å². The lowest BCUT2D eigenvalue weighted by molar-refractivity contribution is -0.118. The van der Waals surface area contributed by atoms with Gasteiger partial charge in [0.05, 0.1) is 33.2 Å². The van der Waals surface area contributed by atoms with Crippen LogP contribution in [0.4, 0.5) is 25.8 Å². The number of hydrogen-bond acceptors (Lipinski definition) is 4. The highest BCUT2D eigenvalue weighted by atomic mass is 79.9. The van der Waals surface area contributed by atoms with Crippen molar-refractivity contribution in [1.82, 2.24) is 0 Å². The lowest BCUT2D eigenvalue weighted by Gasteiger charge is -2.13. The SMILES string of the molecule is Cc1cc(Br)c(F)c(C2C(C(=O)CNc3ccc(Cl)c(C(=O)Nc4ccc(F)c(N)c4C)c3)C2(Cl)Cl)c1. The topological polar surface area (TPSA) is 84.2 Å². The molecule has 5 nitrogen and oxygen atoms in total. The number of carbonyl (C=O) groups excluding carboxylic acids is 2. The summed E-state index contributed by atoms with van der Waals surface area (Å²) in [4.78, 5) is 25.8. The molecular weight excluding hydrogens is 611 g/mol. The number of nitrogen functional groups attached to an aromatic ring is 1. The maximum atomic E-state index is 14.7. The minimum Gasteiger partial charge on any atom is -0.396 e. The molecule has 194 valence electrons. The van der Waals surface area contributed by atoms with Gasteiger partial charge in [0.2, 0.25) is 0 Å². The van der Waals surface area contributed by atoms with Crippen LogP contribution in [0, 0.1) is 31.4 Å². The first-order valence-corrected chi connectivity index (χ1v) is 13.0. The van der Waals surface area contributed by atoms with Crippen molar-refractivity contribution in [2.24, 2.45) is 5.92 Å². The van der Waals surface area contributed by atoms with Crippen molar-refractivity contribution in [2.75, 3.05) is 22.9 Å². The Hall–Kier alpha value is -2.39. The number of aryl methyl sites for hydroxylation is 1. The van der Waals surface area contributed by atoms with Gasteiger partial charge < -0.3 is 16.4 Å².